The molecule has 10 heteroatoms. The minimum atomic E-state index is -0.992. The molecule has 31 heavy (non-hydrogen) atoms. The van der Waals surface area contributed by atoms with Crippen LogP contribution < -0.4 is 10.2 Å². The van der Waals surface area contributed by atoms with Gasteiger partial charge in [-0.25, -0.2) is 4.79 Å². The minimum Gasteiger partial charge on any atom is -0.449 e. The highest BCUT2D eigenvalue weighted by Crippen LogP contribution is 2.20. The van der Waals surface area contributed by atoms with Crippen molar-refractivity contribution in [3.8, 4) is 5.69 Å². The molecule has 3 aromatic rings. The quantitative estimate of drug-likeness (QED) is 0.598. The molecule has 2 aromatic carbocycles. The number of benzene rings is 2. The number of carbonyl (C=O) groups excluding carboxylic acids is 2. The summed E-state index contributed by atoms with van der Waals surface area (Å²) in [6.45, 7) is 4.61. The van der Waals surface area contributed by atoms with Crippen LogP contribution in [0.1, 0.15) is 17.3 Å². The Balaban J connectivity index is 1.37. The molecule has 1 aliphatic heterocycles. The van der Waals surface area contributed by atoms with Gasteiger partial charge in [-0.2, -0.15) is 4.68 Å². The largest absolute Gasteiger partial charge is 0.449 e. The van der Waals surface area contributed by atoms with Gasteiger partial charge in [-0.15, -0.1) is 5.10 Å². The van der Waals surface area contributed by atoms with Gasteiger partial charge in [-0.05, 0) is 53.7 Å². The lowest BCUT2D eigenvalue weighted by atomic mass is 10.2. The summed E-state index contributed by atoms with van der Waals surface area (Å²) in [5.41, 5.74) is 2.41. The molecule has 1 aliphatic rings. The van der Waals surface area contributed by atoms with Crippen LogP contribution >= 0.6 is 0 Å². The summed E-state index contributed by atoms with van der Waals surface area (Å²) in [7, 11) is 0. The Morgan fingerprint density at radius 2 is 1.84 bits per heavy atom. The predicted octanol–water partition coefficient (Wildman–Crippen LogP) is 1.68. The number of aromatic nitrogens is 4. The van der Waals surface area contributed by atoms with Crippen molar-refractivity contribution >= 4 is 23.3 Å². The van der Waals surface area contributed by atoms with Crippen molar-refractivity contribution < 1.29 is 19.1 Å². The van der Waals surface area contributed by atoms with Crippen molar-refractivity contribution in [3.05, 3.63) is 60.4 Å². The van der Waals surface area contributed by atoms with E-state index in [1.54, 1.807) is 24.3 Å². The van der Waals surface area contributed by atoms with Crippen LogP contribution in [0.2, 0.25) is 0 Å². The Bertz CT molecular complexity index is 1030. The molecule has 160 valence electrons. The van der Waals surface area contributed by atoms with Crippen molar-refractivity contribution in [3.63, 3.8) is 0 Å². The van der Waals surface area contributed by atoms with Crippen LogP contribution in [0.5, 0.6) is 0 Å². The smallest absolute Gasteiger partial charge is 0.341 e. The number of nitrogens with zero attached hydrogens (tertiary/aromatic N) is 5. The van der Waals surface area contributed by atoms with Gasteiger partial charge in [-0.3, -0.25) is 4.79 Å². The Kier molecular flexibility index (Phi) is 6.18. The summed E-state index contributed by atoms with van der Waals surface area (Å²) >= 11 is 0. The van der Waals surface area contributed by atoms with E-state index in [1.807, 2.05) is 24.3 Å². The third-order valence-electron chi connectivity index (χ3n) is 4.88. The number of tetrazole rings is 1. The molecule has 1 N–H and O–H groups in total. The molecule has 1 atom stereocenters. The SMILES string of the molecule is CC(OC(=O)c1ccccc1-n1cnnn1)C(=O)Nc1ccc(N2CCOCC2)cc1. The maximum atomic E-state index is 12.6. The Morgan fingerprint density at radius 3 is 2.55 bits per heavy atom. The van der Waals surface area contributed by atoms with Crippen LogP contribution in [0.3, 0.4) is 0 Å². The average molecular weight is 422 g/mol. The first-order valence-electron chi connectivity index (χ1n) is 9.89. The first-order chi connectivity index (χ1) is 15.1. The van der Waals surface area contributed by atoms with Crippen LogP contribution in [0.15, 0.2) is 54.9 Å². The lowest BCUT2D eigenvalue weighted by Crippen LogP contribution is -2.36. The summed E-state index contributed by atoms with van der Waals surface area (Å²) in [5, 5.41) is 13.7. The summed E-state index contributed by atoms with van der Waals surface area (Å²) in [6, 6.07) is 14.3. The fourth-order valence-corrected chi connectivity index (χ4v) is 3.22. The second-order valence-corrected chi connectivity index (χ2v) is 6.95. The van der Waals surface area contributed by atoms with Gasteiger partial charge in [0.05, 0.1) is 24.5 Å². The molecule has 0 radical (unpaired) electrons. The fourth-order valence-electron chi connectivity index (χ4n) is 3.22. The molecule has 4 rings (SSSR count). The molecule has 0 saturated carbocycles. The number of hydrogen-bond donors (Lipinski definition) is 1. The zero-order valence-corrected chi connectivity index (χ0v) is 17.0. The third-order valence-corrected chi connectivity index (χ3v) is 4.88. The number of esters is 1. The third kappa shape index (κ3) is 4.86. The molecule has 1 fully saturated rings. The molecule has 1 saturated heterocycles. The van der Waals surface area contributed by atoms with Gasteiger partial charge >= 0.3 is 5.97 Å². The van der Waals surface area contributed by atoms with Gasteiger partial charge in [0.15, 0.2) is 6.10 Å². The lowest BCUT2D eigenvalue weighted by molar-refractivity contribution is -0.123. The first-order valence-corrected chi connectivity index (χ1v) is 9.89. The molecule has 0 aliphatic carbocycles. The molecule has 10 nitrogen and oxygen atoms in total. The summed E-state index contributed by atoms with van der Waals surface area (Å²) < 4.78 is 12.1. The van der Waals surface area contributed by atoms with E-state index in [9.17, 15) is 9.59 Å². The van der Waals surface area contributed by atoms with E-state index in [2.05, 4.69) is 25.7 Å². The van der Waals surface area contributed by atoms with Gasteiger partial charge in [0.25, 0.3) is 5.91 Å². The molecule has 1 aromatic heterocycles. The molecule has 2 heterocycles. The van der Waals surface area contributed by atoms with Gasteiger partial charge in [0.2, 0.25) is 0 Å². The topological polar surface area (TPSA) is 111 Å². The Labute approximate surface area is 178 Å². The van der Waals surface area contributed by atoms with E-state index in [0.717, 1.165) is 18.8 Å². The number of carbonyl (C=O) groups is 2. The molecule has 1 amide bonds. The van der Waals surface area contributed by atoms with Crippen molar-refractivity contribution in [2.24, 2.45) is 0 Å². The van der Waals surface area contributed by atoms with Gasteiger partial charge in [-0.1, -0.05) is 12.1 Å². The van der Waals surface area contributed by atoms with Crippen LogP contribution in [0.4, 0.5) is 11.4 Å². The Hall–Kier alpha value is -3.79. The molecule has 1 unspecified atom stereocenters. The van der Waals surface area contributed by atoms with E-state index < -0.39 is 18.0 Å². The highest BCUT2D eigenvalue weighted by molar-refractivity contribution is 5.98. The predicted molar refractivity (Wildman–Crippen MR) is 112 cm³/mol. The van der Waals surface area contributed by atoms with E-state index in [-0.39, 0.29) is 5.56 Å². The number of amides is 1. The molecule has 0 bridgehead atoms. The maximum Gasteiger partial charge on any atom is 0.341 e. The normalized spacial score (nSPS) is 14.7. The van der Waals surface area contributed by atoms with Crippen molar-refractivity contribution in [2.45, 2.75) is 13.0 Å². The van der Waals surface area contributed by atoms with Crippen molar-refractivity contribution in [2.75, 3.05) is 36.5 Å². The monoisotopic (exact) mass is 422 g/mol. The van der Waals surface area contributed by atoms with Gasteiger partial charge in [0.1, 0.15) is 6.33 Å². The summed E-state index contributed by atoms with van der Waals surface area (Å²) in [6.07, 6.45) is 0.386. The lowest BCUT2D eigenvalue weighted by Gasteiger charge is -2.28. The van der Waals surface area contributed by atoms with Crippen LogP contribution in [0.25, 0.3) is 5.69 Å². The number of rotatable bonds is 6. The molecular formula is C21H22N6O4. The zero-order valence-electron chi connectivity index (χ0n) is 17.0. The van der Waals surface area contributed by atoms with E-state index >= 15 is 0 Å². The second kappa shape index (κ2) is 9.35. The first kappa shape index (κ1) is 20.5. The van der Waals surface area contributed by atoms with Gasteiger partial charge < -0.3 is 19.7 Å². The van der Waals surface area contributed by atoms with E-state index in [1.165, 1.54) is 17.9 Å². The highest BCUT2D eigenvalue weighted by atomic mass is 16.5. The van der Waals surface area contributed by atoms with Crippen LogP contribution in [-0.4, -0.2) is 64.5 Å². The van der Waals surface area contributed by atoms with Crippen molar-refractivity contribution in [1.82, 2.24) is 20.2 Å². The van der Waals surface area contributed by atoms with Crippen molar-refractivity contribution in [1.29, 1.82) is 0 Å². The number of morpholine rings is 1. The van der Waals surface area contributed by atoms with Gasteiger partial charge in [0, 0.05) is 24.5 Å². The average Bonchev–Trinajstić information content (AvgIpc) is 3.35. The number of para-hydroxylation sites is 1. The number of anilines is 2. The number of ether oxygens (including phenoxy) is 2. The molecular weight excluding hydrogens is 400 g/mol. The van der Waals surface area contributed by atoms with Crippen LogP contribution in [0, 0.1) is 0 Å². The second-order valence-electron chi connectivity index (χ2n) is 6.95. The molecule has 0 spiro atoms. The standard InChI is InChI=1S/C21H22N6O4/c1-15(31-21(29)18-4-2-3-5-19(18)27-14-22-24-25-27)20(28)23-16-6-8-17(9-7-16)26-10-12-30-13-11-26/h2-9,14-15H,10-13H2,1H3,(H,23,28). The Morgan fingerprint density at radius 1 is 1.10 bits per heavy atom. The zero-order chi connectivity index (χ0) is 21.6. The number of hydrogen-bond acceptors (Lipinski definition) is 8. The van der Waals surface area contributed by atoms with E-state index in [4.69, 9.17) is 9.47 Å². The summed E-state index contributed by atoms with van der Waals surface area (Å²) in [5.74, 6) is -1.07. The maximum absolute atomic E-state index is 12.6. The minimum absolute atomic E-state index is 0.254. The van der Waals surface area contributed by atoms with E-state index in [0.29, 0.717) is 24.6 Å². The summed E-state index contributed by atoms with van der Waals surface area (Å²) in [4.78, 5) is 27.4. The fraction of sp³-hybridized carbons (Fsp3) is 0.286. The highest BCUT2D eigenvalue weighted by Gasteiger charge is 2.22. The number of nitrogens with one attached hydrogen (secondary N) is 1. The van der Waals surface area contributed by atoms with Crippen LogP contribution in [-0.2, 0) is 14.3 Å².